The summed E-state index contributed by atoms with van der Waals surface area (Å²) in [6.07, 6.45) is 0. The van der Waals surface area contributed by atoms with E-state index in [0.717, 1.165) is 60.5 Å². The topological polar surface area (TPSA) is 51.8 Å². The van der Waals surface area contributed by atoms with E-state index in [9.17, 15) is 0 Å². The van der Waals surface area contributed by atoms with Crippen LogP contribution in [-0.2, 0) is 0 Å². The maximum absolute atomic E-state index is 6.54. The van der Waals surface area contributed by atoms with E-state index in [4.69, 9.17) is 19.4 Å². The zero-order valence-electron chi connectivity index (χ0n) is 27.5. The molecule has 10 rings (SSSR count). The van der Waals surface area contributed by atoms with Gasteiger partial charge in [-0.2, -0.15) is 0 Å². The van der Waals surface area contributed by atoms with Crippen LogP contribution in [0.4, 0.5) is 0 Å². The van der Waals surface area contributed by atoms with E-state index in [1.165, 1.54) is 21.9 Å². The number of benzene rings is 8. The molecule has 0 radical (unpaired) electrons. The van der Waals surface area contributed by atoms with Gasteiger partial charge in [0, 0.05) is 27.5 Å². The standard InChI is InChI=1S/C47H29N3O/c1-3-14-31(15-4-1)35-27-28-39(38-20-10-9-19-37(35)38)46-48-45(32-16-5-2-6-17-32)49-47(50-46)40-22-12-24-42-44(40)43-36(21-11-23-41(43)51-42)34-26-25-30-13-7-8-18-33(30)29-34/h1-29H. The maximum atomic E-state index is 6.54. The molecule has 0 amide bonds. The molecule has 0 N–H and O–H groups in total. The minimum atomic E-state index is 0.594. The van der Waals surface area contributed by atoms with Gasteiger partial charge in [0.2, 0.25) is 0 Å². The lowest BCUT2D eigenvalue weighted by Crippen LogP contribution is -2.01. The fourth-order valence-electron chi connectivity index (χ4n) is 7.35. The third kappa shape index (κ3) is 4.96. The van der Waals surface area contributed by atoms with Gasteiger partial charge in [0.1, 0.15) is 11.2 Å². The summed E-state index contributed by atoms with van der Waals surface area (Å²) in [7, 11) is 0. The molecule has 4 heteroatoms. The first-order valence-electron chi connectivity index (χ1n) is 17.1. The molecule has 4 nitrogen and oxygen atoms in total. The highest BCUT2D eigenvalue weighted by molar-refractivity contribution is 6.18. The summed E-state index contributed by atoms with van der Waals surface area (Å²) in [5.74, 6) is 1.83. The molecule has 51 heavy (non-hydrogen) atoms. The average molecular weight is 652 g/mol. The molecular formula is C47H29N3O. The molecule has 0 aliphatic carbocycles. The molecule has 2 aromatic heterocycles. The van der Waals surface area contributed by atoms with Crippen molar-refractivity contribution in [2.75, 3.05) is 0 Å². The van der Waals surface area contributed by atoms with E-state index < -0.39 is 0 Å². The highest BCUT2D eigenvalue weighted by Gasteiger charge is 2.21. The van der Waals surface area contributed by atoms with Crippen LogP contribution >= 0.6 is 0 Å². The molecule has 0 unspecified atom stereocenters. The summed E-state index contributed by atoms with van der Waals surface area (Å²) in [6.45, 7) is 0. The van der Waals surface area contributed by atoms with Gasteiger partial charge in [0.25, 0.3) is 0 Å². The van der Waals surface area contributed by atoms with Crippen molar-refractivity contribution in [3.8, 4) is 56.4 Å². The van der Waals surface area contributed by atoms with Crippen molar-refractivity contribution in [3.63, 3.8) is 0 Å². The zero-order valence-corrected chi connectivity index (χ0v) is 27.5. The van der Waals surface area contributed by atoms with Crippen LogP contribution in [0.2, 0.25) is 0 Å². The van der Waals surface area contributed by atoms with E-state index >= 15 is 0 Å². The predicted molar refractivity (Wildman–Crippen MR) is 209 cm³/mol. The van der Waals surface area contributed by atoms with Gasteiger partial charge in [-0.05, 0) is 68.1 Å². The van der Waals surface area contributed by atoms with E-state index in [1.807, 2.05) is 54.6 Å². The van der Waals surface area contributed by atoms with Gasteiger partial charge < -0.3 is 4.42 Å². The van der Waals surface area contributed by atoms with Crippen molar-refractivity contribution < 1.29 is 4.42 Å². The molecule has 2 heterocycles. The quantitative estimate of drug-likeness (QED) is 0.186. The fraction of sp³-hybridized carbons (Fsp3) is 0. The molecule has 0 bridgehead atoms. The number of furan rings is 1. The molecule has 10 aromatic rings. The van der Waals surface area contributed by atoms with Gasteiger partial charge in [-0.15, -0.1) is 0 Å². The molecule has 0 aliphatic heterocycles. The SMILES string of the molecule is c1ccc(-c2nc(-c3ccc(-c4ccccc4)c4ccccc34)nc(-c3cccc4oc5cccc(-c6ccc7ccccc7c6)c5c34)n2)cc1. The third-order valence-electron chi connectivity index (χ3n) is 9.74. The maximum Gasteiger partial charge on any atom is 0.164 e. The van der Waals surface area contributed by atoms with Crippen molar-refractivity contribution >= 4 is 43.5 Å². The average Bonchev–Trinajstić information content (AvgIpc) is 3.60. The summed E-state index contributed by atoms with van der Waals surface area (Å²) in [5.41, 5.74) is 8.95. The minimum Gasteiger partial charge on any atom is -0.456 e. The lowest BCUT2D eigenvalue weighted by atomic mass is 9.94. The summed E-state index contributed by atoms with van der Waals surface area (Å²) in [6, 6.07) is 61.0. The Labute approximate surface area is 294 Å². The van der Waals surface area contributed by atoms with E-state index in [1.54, 1.807) is 0 Å². The first-order chi connectivity index (χ1) is 25.3. The lowest BCUT2D eigenvalue weighted by molar-refractivity contribution is 0.669. The van der Waals surface area contributed by atoms with Crippen LogP contribution in [0.25, 0.3) is 99.9 Å². The number of nitrogens with zero attached hydrogens (tertiary/aromatic N) is 3. The van der Waals surface area contributed by atoms with Crippen LogP contribution in [-0.4, -0.2) is 15.0 Å². The van der Waals surface area contributed by atoms with Gasteiger partial charge in [-0.25, -0.2) is 15.0 Å². The predicted octanol–water partition coefficient (Wildman–Crippen LogP) is 12.4. The molecule has 8 aromatic carbocycles. The number of rotatable bonds is 5. The Morgan fingerprint density at radius 2 is 0.863 bits per heavy atom. The van der Waals surface area contributed by atoms with Crippen LogP contribution < -0.4 is 0 Å². The van der Waals surface area contributed by atoms with Gasteiger partial charge in [0.15, 0.2) is 17.5 Å². The van der Waals surface area contributed by atoms with Crippen LogP contribution in [0.15, 0.2) is 180 Å². The molecule has 0 saturated carbocycles. The highest BCUT2D eigenvalue weighted by Crippen LogP contribution is 2.42. The third-order valence-corrected chi connectivity index (χ3v) is 9.74. The molecule has 0 saturated heterocycles. The number of aromatic nitrogens is 3. The Bertz CT molecular complexity index is 2910. The summed E-state index contributed by atoms with van der Waals surface area (Å²) < 4.78 is 6.54. The summed E-state index contributed by atoms with van der Waals surface area (Å²) in [5, 5.41) is 6.66. The zero-order chi connectivity index (χ0) is 33.7. The second kappa shape index (κ2) is 11.9. The first kappa shape index (κ1) is 29.0. The van der Waals surface area contributed by atoms with E-state index in [0.29, 0.717) is 17.5 Å². The van der Waals surface area contributed by atoms with Crippen molar-refractivity contribution in [2.45, 2.75) is 0 Å². The van der Waals surface area contributed by atoms with Crippen LogP contribution in [0.5, 0.6) is 0 Å². The Morgan fingerprint density at radius 1 is 0.314 bits per heavy atom. The molecular weight excluding hydrogens is 623 g/mol. The number of hydrogen-bond donors (Lipinski definition) is 0. The van der Waals surface area contributed by atoms with E-state index in [2.05, 4.69) is 121 Å². The second-order valence-electron chi connectivity index (χ2n) is 12.8. The monoisotopic (exact) mass is 651 g/mol. The normalized spacial score (nSPS) is 11.5. The van der Waals surface area contributed by atoms with Crippen LogP contribution in [0.1, 0.15) is 0 Å². The number of fused-ring (bicyclic) bond motifs is 5. The van der Waals surface area contributed by atoms with Crippen molar-refractivity contribution in [2.24, 2.45) is 0 Å². The Hall–Kier alpha value is -6.91. The smallest absolute Gasteiger partial charge is 0.164 e. The van der Waals surface area contributed by atoms with Gasteiger partial charge in [-0.1, -0.05) is 152 Å². The molecule has 238 valence electrons. The van der Waals surface area contributed by atoms with Gasteiger partial charge in [-0.3, -0.25) is 0 Å². The summed E-state index contributed by atoms with van der Waals surface area (Å²) >= 11 is 0. The molecule has 0 spiro atoms. The van der Waals surface area contributed by atoms with Crippen LogP contribution in [0, 0.1) is 0 Å². The summed E-state index contributed by atoms with van der Waals surface area (Å²) in [4.78, 5) is 15.6. The minimum absolute atomic E-state index is 0.594. The Morgan fingerprint density at radius 3 is 1.61 bits per heavy atom. The van der Waals surface area contributed by atoms with Crippen molar-refractivity contribution in [3.05, 3.63) is 176 Å². The van der Waals surface area contributed by atoms with Gasteiger partial charge >= 0.3 is 0 Å². The van der Waals surface area contributed by atoms with E-state index in [-0.39, 0.29) is 0 Å². The fourth-order valence-corrected chi connectivity index (χ4v) is 7.35. The van der Waals surface area contributed by atoms with Crippen LogP contribution in [0.3, 0.4) is 0 Å². The molecule has 0 fully saturated rings. The number of hydrogen-bond acceptors (Lipinski definition) is 4. The second-order valence-corrected chi connectivity index (χ2v) is 12.8. The molecule has 0 aliphatic rings. The lowest BCUT2D eigenvalue weighted by Gasteiger charge is -2.13. The van der Waals surface area contributed by atoms with Crippen molar-refractivity contribution in [1.82, 2.24) is 15.0 Å². The van der Waals surface area contributed by atoms with Crippen molar-refractivity contribution in [1.29, 1.82) is 0 Å². The highest BCUT2D eigenvalue weighted by atomic mass is 16.3. The largest absolute Gasteiger partial charge is 0.456 e. The van der Waals surface area contributed by atoms with Gasteiger partial charge in [0.05, 0.1) is 0 Å². The Kier molecular flexibility index (Phi) is 6.78. The molecule has 0 atom stereocenters. The Balaban J connectivity index is 1.23. The first-order valence-corrected chi connectivity index (χ1v) is 17.1.